The summed E-state index contributed by atoms with van der Waals surface area (Å²) in [4.78, 5) is 11.9. The molecule has 3 nitrogen and oxygen atoms in total. The summed E-state index contributed by atoms with van der Waals surface area (Å²) in [6, 6.07) is 26.9. The molecule has 7 rings (SSSR count). The maximum Gasteiger partial charge on any atom is 0.0739 e. The zero-order valence-electron chi connectivity index (χ0n) is 44.7. The third kappa shape index (κ3) is 23.4. The van der Waals surface area contributed by atoms with Crippen molar-refractivity contribution in [2.75, 3.05) is 0 Å². The van der Waals surface area contributed by atoms with E-state index < -0.39 is 0 Å². The molecule has 0 unspecified atom stereocenters. The van der Waals surface area contributed by atoms with Crippen molar-refractivity contribution in [3.05, 3.63) is 90.0 Å². The van der Waals surface area contributed by atoms with Gasteiger partial charge in [-0.25, -0.2) is 0 Å². The Hall–Kier alpha value is -2.94. The Morgan fingerprint density at radius 1 is 0.338 bits per heavy atom. The van der Waals surface area contributed by atoms with Gasteiger partial charge in [0.2, 0.25) is 0 Å². The summed E-state index contributed by atoms with van der Waals surface area (Å²) in [6.07, 6.45) is 49.7. The second kappa shape index (κ2) is 36.9. The Morgan fingerprint density at radius 3 is 0.930 bits per heavy atom. The molecule has 0 amide bonds. The van der Waals surface area contributed by atoms with E-state index in [9.17, 15) is 0 Å². The first-order valence-electron chi connectivity index (χ1n) is 29.5. The molecule has 0 aromatic heterocycles. The number of unbranched alkanes of at least 4 members (excludes halogenated alkanes) is 14. The van der Waals surface area contributed by atoms with Gasteiger partial charge in [-0.05, 0) is 209 Å². The average molecular weight is 1010 g/mol. The van der Waals surface area contributed by atoms with E-state index in [-0.39, 0.29) is 0 Å². The monoisotopic (exact) mass is 1010 g/mol. The van der Waals surface area contributed by atoms with Crippen LogP contribution >= 0.6 is 36.7 Å². The molecule has 4 aliphatic rings. The Kier molecular flexibility index (Phi) is 30.6. The minimum atomic E-state index is 0.750. The first-order chi connectivity index (χ1) is 35.0. The van der Waals surface area contributed by atoms with Crippen LogP contribution in [0.15, 0.2) is 93.8 Å². The van der Waals surface area contributed by atoms with E-state index in [4.69, 9.17) is 24.4 Å². The van der Waals surface area contributed by atoms with Crippen LogP contribution in [0.25, 0.3) is 0 Å². The number of hydrogen-bond donors (Lipinski definition) is 0. The van der Waals surface area contributed by atoms with Crippen molar-refractivity contribution >= 4 is 69.2 Å². The van der Waals surface area contributed by atoms with Gasteiger partial charge in [0.05, 0.1) is 32.5 Å². The van der Waals surface area contributed by atoms with Crippen LogP contribution in [0.1, 0.15) is 255 Å². The number of nitrogens with zero attached hydrogens (tertiary/aromatic N) is 3. The Balaban J connectivity index is 0.000000225. The molecule has 0 saturated heterocycles. The molecule has 4 saturated carbocycles. The van der Waals surface area contributed by atoms with Gasteiger partial charge in [-0.1, -0.05) is 198 Å². The average Bonchev–Trinajstić information content (AvgIpc) is 3.42. The van der Waals surface area contributed by atoms with Gasteiger partial charge < -0.3 is 0 Å². The Labute approximate surface area is 450 Å². The molecule has 3 aromatic rings. The standard InChI is InChI=1S/C30H47NS.C28H43NS.C7H5NS/c1-2-3-4-5-6-7-8-9-10-11-25-12-14-26(15-13-25)27-16-18-28(19-17-27)29-20-22-30(23-21-29)31-24-32;1-2-3-4-5-6-7-8-9-23-10-12-24(13-11-23)25-14-16-26(17-15-25)27-18-20-28(21-19-27)29-22-30;9-6-8-7-4-2-1-3-5-7/h20-23,25-28H,2-19H2,1H3;18-21,23-26H,2-17H2,1H3;1-5H. The van der Waals surface area contributed by atoms with Crippen molar-refractivity contribution in [2.24, 2.45) is 50.5 Å². The lowest BCUT2D eigenvalue weighted by atomic mass is 9.68. The van der Waals surface area contributed by atoms with Crippen molar-refractivity contribution in [3.8, 4) is 0 Å². The summed E-state index contributed by atoms with van der Waals surface area (Å²) in [5.74, 6) is 7.63. The van der Waals surface area contributed by atoms with E-state index in [1.54, 1.807) is 0 Å². The van der Waals surface area contributed by atoms with E-state index in [2.05, 4.69) is 105 Å². The quantitative estimate of drug-likeness (QED) is 0.0482. The molecule has 0 radical (unpaired) electrons. The summed E-state index contributed by atoms with van der Waals surface area (Å²) in [5.41, 5.74) is 5.70. The zero-order valence-corrected chi connectivity index (χ0v) is 47.2. The van der Waals surface area contributed by atoms with Crippen LogP contribution in [0.2, 0.25) is 0 Å². The fraction of sp³-hybridized carbons (Fsp3) is 0.677. The molecule has 3 aromatic carbocycles. The second-order valence-electron chi connectivity index (χ2n) is 22.4. The van der Waals surface area contributed by atoms with Crippen molar-refractivity contribution in [3.63, 3.8) is 0 Å². The minimum absolute atomic E-state index is 0.750. The van der Waals surface area contributed by atoms with Crippen molar-refractivity contribution < 1.29 is 0 Å². The van der Waals surface area contributed by atoms with Crippen LogP contribution in [-0.2, 0) is 0 Å². The van der Waals surface area contributed by atoms with Crippen molar-refractivity contribution in [1.29, 1.82) is 0 Å². The molecule has 4 fully saturated rings. The van der Waals surface area contributed by atoms with Gasteiger partial charge in [-0.3, -0.25) is 0 Å². The van der Waals surface area contributed by atoms with Gasteiger partial charge in [0.15, 0.2) is 0 Å². The summed E-state index contributed by atoms with van der Waals surface area (Å²) in [7, 11) is 0. The predicted octanol–water partition coefficient (Wildman–Crippen LogP) is 22.5. The molecule has 0 N–H and O–H groups in total. The molecular weight excluding hydrogens is 919 g/mol. The maximum absolute atomic E-state index is 4.71. The number of hydrogen-bond acceptors (Lipinski definition) is 6. The van der Waals surface area contributed by atoms with Crippen LogP contribution in [-0.4, -0.2) is 15.5 Å². The van der Waals surface area contributed by atoms with E-state index in [0.29, 0.717) is 0 Å². The molecule has 0 aliphatic heterocycles. The first-order valence-corrected chi connectivity index (χ1v) is 30.7. The van der Waals surface area contributed by atoms with Crippen molar-refractivity contribution in [2.45, 2.75) is 244 Å². The number of thiocarbonyl (C=S) groups is 3. The summed E-state index contributed by atoms with van der Waals surface area (Å²) in [5, 5.41) is 7.22. The molecule has 71 heavy (non-hydrogen) atoms. The van der Waals surface area contributed by atoms with E-state index in [1.807, 2.05) is 30.3 Å². The second-order valence-corrected chi connectivity index (χ2v) is 23.0. The lowest BCUT2D eigenvalue weighted by molar-refractivity contribution is 0.155. The number of para-hydroxylation sites is 1. The fourth-order valence-electron chi connectivity index (χ4n) is 13.2. The van der Waals surface area contributed by atoms with Gasteiger partial charge >= 0.3 is 0 Å². The van der Waals surface area contributed by atoms with Gasteiger partial charge in [0.25, 0.3) is 0 Å². The highest BCUT2D eigenvalue weighted by Crippen LogP contribution is 2.46. The van der Waals surface area contributed by atoms with Crippen LogP contribution in [0, 0.1) is 35.5 Å². The topological polar surface area (TPSA) is 37.1 Å². The normalized spacial score (nSPS) is 24.0. The fourth-order valence-corrected chi connectivity index (χ4v) is 13.5. The molecule has 0 bridgehead atoms. The summed E-state index contributed by atoms with van der Waals surface area (Å²) >= 11 is 13.8. The molecule has 6 heteroatoms. The highest BCUT2D eigenvalue weighted by molar-refractivity contribution is 7.78. The number of rotatable bonds is 25. The highest BCUT2D eigenvalue weighted by Gasteiger charge is 2.32. The zero-order chi connectivity index (χ0) is 50.0. The highest BCUT2D eigenvalue weighted by atomic mass is 32.1. The third-order valence-corrected chi connectivity index (χ3v) is 17.9. The van der Waals surface area contributed by atoms with E-state index in [0.717, 1.165) is 64.4 Å². The number of isothiocyanates is 3. The van der Waals surface area contributed by atoms with Gasteiger partial charge in [-0.15, -0.1) is 0 Å². The van der Waals surface area contributed by atoms with Crippen LogP contribution in [0.4, 0.5) is 17.1 Å². The molecular formula is C65H95N3S3. The van der Waals surface area contributed by atoms with Crippen LogP contribution < -0.4 is 0 Å². The molecule has 0 spiro atoms. The largest absolute Gasteiger partial charge is 0.195 e. The lowest BCUT2D eigenvalue weighted by Crippen LogP contribution is -2.25. The van der Waals surface area contributed by atoms with Crippen LogP contribution in [0.3, 0.4) is 0 Å². The maximum atomic E-state index is 4.71. The van der Waals surface area contributed by atoms with Crippen molar-refractivity contribution in [1.82, 2.24) is 0 Å². The van der Waals surface area contributed by atoms with Gasteiger partial charge in [-0.2, -0.15) is 15.0 Å². The summed E-state index contributed by atoms with van der Waals surface area (Å²) < 4.78 is 0. The Morgan fingerprint density at radius 2 is 0.620 bits per heavy atom. The Bertz CT molecular complexity index is 1950. The van der Waals surface area contributed by atoms with Gasteiger partial charge in [0, 0.05) is 0 Å². The SMILES string of the molecule is CCCCCCCCCC1CCC(C2CCC(c3ccc(N=C=S)cc3)CC2)CC1.CCCCCCCCCCCC1CCC(C2CCC(c3ccc(N=C=S)cc3)CC2)CC1.S=C=Nc1ccccc1. The smallest absolute Gasteiger partial charge is 0.0739 e. The summed E-state index contributed by atoms with van der Waals surface area (Å²) in [6.45, 7) is 4.61. The first kappa shape index (κ1) is 58.9. The molecule has 0 atom stereocenters. The van der Waals surface area contributed by atoms with Crippen LogP contribution in [0.5, 0.6) is 0 Å². The van der Waals surface area contributed by atoms with E-state index in [1.165, 1.54) is 229 Å². The van der Waals surface area contributed by atoms with E-state index >= 15 is 0 Å². The minimum Gasteiger partial charge on any atom is -0.195 e. The number of benzene rings is 3. The van der Waals surface area contributed by atoms with Gasteiger partial charge in [0.1, 0.15) is 0 Å². The molecule has 4 aliphatic carbocycles. The third-order valence-electron chi connectivity index (χ3n) is 17.6. The number of aliphatic imine (C=N–C) groups is 3. The molecule has 0 heterocycles. The molecule has 388 valence electrons. The predicted molar refractivity (Wildman–Crippen MR) is 318 cm³/mol. The lowest BCUT2D eigenvalue weighted by Gasteiger charge is -2.38.